The van der Waals surface area contributed by atoms with Crippen molar-refractivity contribution in [3.63, 3.8) is 0 Å². The number of hydrazone groups is 1. The van der Waals surface area contributed by atoms with Crippen molar-refractivity contribution in [1.82, 2.24) is 15.4 Å². The molecule has 6 nitrogen and oxygen atoms in total. The average Bonchev–Trinajstić information content (AvgIpc) is 3.20. The van der Waals surface area contributed by atoms with E-state index in [0.717, 1.165) is 39.3 Å². The molecule has 0 unspecified atom stereocenters. The summed E-state index contributed by atoms with van der Waals surface area (Å²) in [5, 5.41) is 4.01. The number of hydrogen-bond donors (Lipinski definition) is 2. The second-order valence-corrected chi connectivity index (χ2v) is 6.61. The number of amides is 1. The molecule has 0 fully saturated rings. The third-order valence-corrected chi connectivity index (χ3v) is 4.63. The molecule has 0 bridgehead atoms. The van der Waals surface area contributed by atoms with Crippen molar-refractivity contribution in [3.05, 3.63) is 83.4 Å². The van der Waals surface area contributed by atoms with Gasteiger partial charge < -0.3 is 9.72 Å². The maximum atomic E-state index is 12.3. The normalized spacial score (nSPS) is 11.1. The van der Waals surface area contributed by atoms with E-state index in [1.807, 2.05) is 61.5 Å². The fraction of sp³-hybridized carbons (Fsp3) is 0.0870. The number of ether oxygens (including phenoxy) is 1. The topological polar surface area (TPSA) is 79.4 Å². The van der Waals surface area contributed by atoms with E-state index in [0.29, 0.717) is 5.56 Å². The quantitative estimate of drug-likeness (QED) is 0.397. The molecule has 0 radical (unpaired) electrons. The van der Waals surface area contributed by atoms with Gasteiger partial charge in [-0.05, 0) is 60.5 Å². The Kier molecular flexibility index (Phi) is 5.07. The van der Waals surface area contributed by atoms with E-state index in [1.54, 1.807) is 25.5 Å². The van der Waals surface area contributed by atoms with Crippen LogP contribution in [-0.4, -0.2) is 29.2 Å². The van der Waals surface area contributed by atoms with Gasteiger partial charge in [0.25, 0.3) is 5.91 Å². The highest BCUT2D eigenvalue weighted by Crippen LogP contribution is 2.22. The van der Waals surface area contributed by atoms with Gasteiger partial charge in [0.15, 0.2) is 0 Å². The lowest BCUT2D eigenvalue weighted by atomic mass is 10.1. The van der Waals surface area contributed by atoms with E-state index in [-0.39, 0.29) is 5.91 Å². The Morgan fingerprint density at radius 3 is 2.52 bits per heavy atom. The van der Waals surface area contributed by atoms with Gasteiger partial charge in [0.1, 0.15) is 11.6 Å². The molecular weight excluding hydrogens is 364 g/mol. The largest absolute Gasteiger partial charge is 0.497 e. The first kappa shape index (κ1) is 18.4. The molecule has 0 atom stereocenters. The number of hydrogen-bond acceptors (Lipinski definition) is 4. The summed E-state index contributed by atoms with van der Waals surface area (Å²) < 4.78 is 5.11. The van der Waals surface area contributed by atoms with Crippen molar-refractivity contribution < 1.29 is 9.53 Å². The smallest absolute Gasteiger partial charge is 0.271 e. The molecule has 144 valence electrons. The molecular formula is C23H20N4O2. The van der Waals surface area contributed by atoms with Crippen LogP contribution in [0.3, 0.4) is 0 Å². The van der Waals surface area contributed by atoms with Gasteiger partial charge in [0.2, 0.25) is 0 Å². The zero-order valence-corrected chi connectivity index (χ0v) is 16.1. The van der Waals surface area contributed by atoms with Crippen molar-refractivity contribution >= 4 is 23.2 Å². The Bertz CT molecular complexity index is 1180. The number of aromatic amines is 1. The number of carbonyl (C=O) groups is 1. The summed E-state index contributed by atoms with van der Waals surface area (Å²) >= 11 is 0. The highest BCUT2D eigenvalue weighted by molar-refractivity contribution is 5.95. The number of aromatic nitrogens is 2. The molecule has 0 aliphatic carbocycles. The van der Waals surface area contributed by atoms with Crippen LogP contribution in [0.15, 0.2) is 71.8 Å². The molecule has 4 aromatic rings. The van der Waals surface area contributed by atoms with Gasteiger partial charge in [-0.15, -0.1) is 0 Å². The van der Waals surface area contributed by atoms with Gasteiger partial charge in [-0.1, -0.05) is 24.3 Å². The van der Waals surface area contributed by atoms with Gasteiger partial charge in [-0.3, -0.25) is 4.79 Å². The minimum Gasteiger partial charge on any atom is -0.497 e. The Morgan fingerprint density at radius 2 is 1.83 bits per heavy atom. The molecule has 0 saturated heterocycles. The lowest BCUT2D eigenvalue weighted by Crippen LogP contribution is -2.17. The summed E-state index contributed by atoms with van der Waals surface area (Å²) in [7, 11) is 1.61. The van der Waals surface area contributed by atoms with Gasteiger partial charge >= 0.3 is 0 Å². The second kappa shape index (κ2) is 7.98. The number of rotatable bonds is 5. The number of carbonyl (C=O) groups excluding carboxylic acids is 1. The number of nitrogens with zero attached hydrogens (tertiary/aromatic N) is 2. The van der Waals surface area contributed by atoms with Crippen LogP contribution in [0.1, 0.15) is 21.5 Å². The number of benzene rings is 3. The van der Waals surface area contributed by atoms with Crippen LogP contribution in [0, 0.1) is 6.92 Å². The van der Waals surface area contributed by atoms with E-state index in [1.165, 1.54) is 0 Å². The van der Waals surface area contributed by atoms with Gasteiger partial charge in [-0.25, -0.2) is 10.4 Å². The monoisotopic (exact) mass is 384 g/mol. The second-order valence-electron chi connectivity index (χ2n) is 6.61. The molecule has 0 aliphatic rings. The van der Waals surface area contributed by atoms with E-state index in [2.05, 4.69) is 20.5 Å². The van der Waals surface area contributed by atoms with Gasteiger partial charge in [0, 0.05) is 11.1 Å². The van der Waals surface area contributed by atoms with Crippen molar-refractivity contribution in [3.8, 4) is 17.1 Å². The number of para-hydroxylation sites is 1. The first-order valence-electron chi connectivity index (χ1n) is 9.17. The Hall–Kier alpha value is -3.93. The van der Waals surface area contributed by atoms with Gasteiger partial charge in [-0.2, -0.15) is 5.10 Å². The molecule has 2 N–H and O–H groups in total. The summed E-state index contributed by atoms with van der Waals surface area (Å²) in [6, 6.07) is 20.7. The number of fused-ring (bicyclic) bond motifs is 1. The van der Waals surface area contributed by atoms with E-state index < -0.39 is 0 Å². The van der Waals surface area contributed by atoms with Gasteiger partial charge in [0.05, 0.1) is 24.4 Å². The first-order chi connectivity index (χ1) is 14.1. The predicted molar refractivity (Wildman–Crippen MR) is 114 cm³/mol. The Balaban J connectivity index is 1.44. The zero-order chi connectivity index (χ0) is 20.2. The third kappa shape index (κ3) is 4.01. The lowest BCUT2D eigenvalue weighted by Gasteiger charge is -2.02. The number of aryl methyl sites for hydroxylation is 1. The van der Waals surface area contributed by atoms with Crippen LogP contribution >= 0.6 is 0 Å². The van der Waals surface area contributed by atoms with Crippen LogP contribution in [-0.2, 0) is 0 Å². The number of H-pyrrole nitrogens is 1. The van der Waals surface area contributed by atoms with Crippen LogP contribution in [0.25, 0.3) is 22.4 Å². The standard InChI is InChI=1S/C23H20N4O2/c1-15-4-3-5-20-21(15)26-22(25-20)17-8-10-18(11-9-17)23(28)27-24-14-16-6-12-19(29-2)13-7-16/h3-14H,1-2H3,(H,25,26)(H,27,28)/b24-14+. The average molecular weight is 384 g/mol. The molecule has 3 aromatic carbocycles. The fourth-order valence-corrected chi connectivity index (χ4v) is 3.01. The Labute approximate surface area is 168 Å². The molecule has 1 heterocycles. The van der Waals surface area contributed by atoms with Crippen LogP contribution in [0.5, 0.6) is 5.75 Å². The van der Waals surface area contributed by atoms with Crippen molar-refractivity contribution in [2.24, 2.45) is 5.10 Å². The molecule has 29 heavy (non-hydrogen) atoms. The first-order valence-corrected chi connectivity index (χ1v) is 9.17. The minimum atomic E-state index is -0.276. The van der Waals surface area contributed by atoms with Crippen molar-refractivity contribution in [2.45, 2.75) is 6.92 Å². The van der Waals surface area contributed by atoms with E-state index in [4.69, 9.17) is 4.74 Å². The fourth-order valence-electron chi connectivity index (χ4n) is 3.01. The minimum absolute atomic E-state index is 0.276. The summed E-state index contributed by atoms with van der Waals surface area (Å²) in [4.78, 5) is 20.3. The van der Waals surface area contributed by atoms with Crippen LogP contribution in [0.4, 0.5) is 0 Å². The maximum Gasteiger partial charge on any atom is 0.271 e. The summed E-state index contributed by atoms with van der Waals surface area (Å²) in [5.41, 5.74) is 7.91. The molecule has 0 saturated carbocycles. The highest BCUT2D eigenvalue weighted by Gasteiger charge is 2.09. The summed E-state index contributed by atoms with van der Waals surface area (Å²) in [5.74, 6) is 1.27. The molecule has 0 aliphatic heterocycles. The summed E-state index contributed by atoms with van der Waals surface area (Å²) in [6.07, 6.45) is 1.59. The zero-order valence-electron chi connectivity index (χ0n) is 16.1. The molecule has 1 aromatic heterocycles. The van der Waals surface area contributed by atoms with E-state index in [9.17, 15) is 4.79 Å². The molecule has 1 amide bonds. The van der Waals surface area contributed by atoms with Crippen LogP contribution in [0.2, 0.25) is 0 Å². The summed E-state index contributed by atoms with van der Waals surface area (Å²) in [6.45, 7) is 2.03. The third-order valence-electron chi connectivity index (χ3n) is 4.63. The highest BCUT2D eigenvalue weighted by atomic mass is 16.5. The molecule has 4 rings (SSSR count). The number of imidazole rings is 1. The van der Waals surface area contributed by atoms with Crippen LogP contribution < -0.4 is 10.2 Å². The maximum absolute atomic E-state index is 12.3. The van der Waals surface area contributed by atoms with E-state index >= 15 is 0 Å². The SMILES string of the molecule is COc1ccc(/C=N/NC(=O)c2ccc(-c3nc4c(C)cccc4[nH]3)cc2)cc1. The number of methoxy groups -OCH3 is 1. The molecule has 0 spiro atoms. The Morgan fingerprint density at radius 1 is 1.07 bits per heavy atom. The lowest BCUT2D eigenvalue weighted by molar-refractivity contribution is 0.0955. The number of nitrogens with one attached hydrogen (secondary N) is 2. The van der Waals surface area contributed by atoms with Crippen molar-refractivity contribution in [1.29, 1.82) is 0 Å². The van der Waals surface area contributed by atoms with Crippen molar-refractivity contribution in [2.75, 3.05) is 7.11 Å². The molecule has 6 heteroatoms. The predicted octanol–water partition coefficient (Wildman–Crippen LogP) is 4.31.